The summed E-state index contributed by atoms with van der Waals surface area (Å²) in [6, 6.07) is 6.55. The predicted octanol–water partition coefficient (Wildman–Crippen LogP) is 2.09. The summed E-state index contributed by atoms with van der Waals surface area (Å²) in [5, 5.41) is 15.5. The molecule has 1 saturated carbocycles. The minimum absolute atomic E-state index is 0.0258. The Morgan fingerprint density at radius 2 is 2.00 bits per heavy atom. The summed E-state index contributed by atoms with van der Waals surface area (Å²) < 4.78 is 38.0. The van der Waals surface area contributed by atoms with E-state index in [1.807, 2.05) is 0 Å². The molecule has 23 heavy (non-hydrogen) atoms. The molecule has 0 radical (unpaired) electrons. The average Bonchev–Trinajstić information content (AvgIpc) is 3.27. The standard InChI is InChI=1S/C15H15F3N2O3/c16-15(17,18)14(22)7-12(20-23-14)10-3-1-9(2-4-10)8-19-13(21)11-5-6-11/h1-4,11,22H,5-8H2,(H,19,21). The summed E-state index contributed by atoms with van der Waals surface area (Å²) in [4.78, 5) is 15.7. The predicted molar refractivity (Wildman–Crippen MR) is 74.3 cm³/mol. The number of oxime groups is 1. The Hall–Kier alpha value is -2.09. The summed E-state index contributed by atoms with van der Waals surface area (Å²) in [5.41, 5.74) is 1.29. The number of nitrogens with zero attached hydrogens (tertiary/aromatic N) is 1. The van der Waals surface area contributed by atoms with Crippen LogP contribution in [0.25, 0.3) is 0 Å². The SMILES string of the molecule is O=C(NCc1ccc(C2=NOC(O)(C(F)(F)F)C2)cc1)C1CC1. The van der Waals surface area contributed by atoms with Crippen molar-refractivity contribution in [2.75, 3.05) is 0 Å². The van der Waals surface area contributed by atoms with Crippen LogP contribution in [0, 0.1) is 5.92 Å². The number of aliphatic hydroxyl groups is 1. The average molecular weight is 328 g/mol. The summed E-state index contributed by atoms with van der Waals surface area (Å²) in [6.07, 6.45) is -3.82. The fraction of sp³-hybridized carbons (Fsp3) is 0.467. The van der Waals surface area contributed by atoms with Crippen molar-refractivity contribution in [1.29, 1.82) is 0 Å². The van der Waals surface area contributed by atoms with Crippen LogP contribution in [0.15, 0.2) is 29.4 Å². The summed E-state index contributed by atoms with van der Waals surface area (Å²) in [7, 11) is 0. The van der Waals surface area contributed by atoms with Gasteiger partial charge in [0.2, 0.25) is 5.91 Å². The molecule has 1 heterocycles. The molecule has 2 N–H and O–H groups in total. The maximum Gasteiger partial charge on any atom is 0.458 e. The Bertz CT molecular complexity index is 638. The zero-order valence-electron chi connectivity index (χ0n) is 12.1. The number of rotatable bonds is 4. The van der Waals surface area contributed by atoms with Crippen LogP contribution in [-0.4, -0.2) is 28.7 Å². The normalized spacial score (nSPS) is 24.1. The van der Waals surface area contributed by atoms with Crippen LogP contribution in [-0.2, 0) is 16.2 Å². The molecule has 1 aliphatic heterocycles. The third kappa shape index (κ3) is 3.31. The first kappa shape index (κ1) is 15.8. The number of hydrogen-bond donors (Lipinski definition) is 2. The van der Waals surface area contributed by atoms with E-state index in [4.69, 9.17) is 0 Å². The smallest absolute Gasteiger partial charge is 0.352 e. The monoisotopic (exact) mass is 328 g/mol. The van der Waals surface area contributed by atoms with E-state index >= 15 is 0 Å². The van der Waals surface area contributed by atoms with Gasteiger partial charge < -0.3 is 15.3 Å². The number of benzene rings is 1. The molecule has 0 saturated heterocycles. The highest BCUT2D eigenvalue weighted by molar-refractivity contribution is 6.01. The molecular weight excluding hydrogens is 313 g/mol. The quantitative estimate of drug-likeness (QED) is 0.889. The van der Waals surface area contributed by atoms with Gasteiger partial charge in [-0.15, -0.1) is 0 Å². The van der Waals surface area contributed by atoms with E-state index in [1.54, 1.807) is 24.3 Å². The van der Waals surface area contributed by atoms with Crippen molar-refractivity contribution in [3.05, 3.63) is 35.4 Å². The molecule has 1 unspecified atom stereocenters. The number of nitrogens with one attached hydrogen (secondary N) is 1. The molecule has 8 heteroatoms. The molecule has 1 aliphatic carbocycles. The van der Waals surface area contributed by atoms with Gasteiger partial charge in [0.1, 0.15) is 0 Å². The zero-order valence-corrected chi connectivity index (χ0v) is 12.1. The molecule has 1 aromatic carbocycles. The van der Waals surface area contributed by atoms with Gasteiger partial charge in [0.25, 0.3) is 0 Å². The molecule has 2 aliphatic rings. The highest BCUT2D eigenvalue weighted by atomic mass is 19.4. The Labute approximate surface area is 130 Å². The first-order valence-electron chi connectivity index (χ1n) is 7.20. The minimum atomic E-state index is -4.91. The molecule has 1 fully saturated rings. The maximum absolute atomic E-state index is 12.7. The van der Waals surface area contributed by atoms with Crippen LogP contribution < -0.4 is 5.32 Å². The molecule has 0 aromatic heterocycles. The molecule has 1 aromatic rings. The summed E-state index contributed by atoms with van der Waals surface area (Å²) in [5.74, 6) is -3.11. The van der Waals surface area contributed by atoms with Crippen LogP contribution >= 0.6 is 0 Å². The topological polar surface area (TPSA) is 70.9 Å². The number of carbonyl (C=O) groups excluding carboxylic acids is 1. The summed E-state index contributed by atoms with van der Waals surface area (Å²) in [6.45, 7) is 0.366. The number of alkyl halides is 3. The van der Waals surface area contributed by atoms with Crippen molar-refractivity contribution >= 4 is 11.6 Å². The third-order valence-electron chi connectivity index (χ3n) is 3.86. The van der Waals surface area contributed by atoms with Gasteiger partial charge in [0.15, 0.2) is 0 Å². The third-order valence-corrected chi connectivity index (χ3v) is 3.86. The fourth-order valence-electron chi connectivity index (χ4n) is 2.22. The van der Waals surface area contributed by atoms with Gasteiger partial charge in [-0.2, -0.15) is 13.2 Å². The van der Waals surface area contributed by atoms with Crippen molar-refractivity contribution in [3.63, 3.8) is 0 Å². The lowest BCUT2D eigenvalue weighted by Crippen LogP contribution is -2.45. The van der Waals surface area contributed by atoms with E-state index in [9.17, 15) is 23.1 Å². The van der Waals surface area contributed by atoms with E-state index in [0.29, 0.717) is 12.1 Å². The van der Waals surface area contributed by atoms with Gasteiger partial charge in [0, 0.05) is 12.5 Å². The molecule has 1 amide bonds. The van der Waals surface area contributed by atoms with E-state index in [0.717, 1.165) is 18.4 Å². The van der Waals surface area contributed by atoms with Gasteiger partial charge in [-0.1, -0.05) is 29.4 Å². The fourth-order valence-corrected chi connectivity index (χ4v) is 2.22. The molecule has 5 nitrogen and oxygen atoms in total. The molecule has 3 rings (SSSR count). The van der Waals surface area contributed by atoms with Gasteiger partial charge in [-0.25, -0.2) is 0 Å². The van der Waals surface area contributed by atoms with Crippen molar-refractivity contribution in [2.45, 2.75) is 37.8 Å². The molecular formula is C15H15F3N2O3. The molecule has 1 atom stereocenters. The van der Waals surface area contributed by atoms with Gasteiger partial charge in [0.05, 0.1) is 12.1 Å². The largest absolute Gasteiger partial charge is 0.458 e. The Morgan fingerprint density at radius 3 is 2.52 bits per heavy atom. The zero-order chi connectivity index (χ0) is 16.7. The van der Waals surface area contributed by atoms with Crippen LogP contribution in [0.3, 0.4) is 0 Å². The highest BCUT2D eigenvalue weighted by Crippen LogP contribution is 2.38. The first-order chi connectivity index (χ1) is 10.8. The van der Waals surface area contributed by atoms with Crippen LogP contribution in [0.4, 0.5) is 13.2 Å². The van der Waals surface area contributed by atoms with E-state index in [2.05, 4.69) is 15.3 Å². The Morgan fingerprint density at radius 1 is 1.35 bits per heavy atom. The van der Waals surface area contributed by atoms with Gasteiger partial charge in [-0.3, -0.25) is 4.79 Å². The number of amides is 1. The van der Waals surface area contributed by atoms with Crippen molar-refractivity contribution in [1.82, 2.24) is 5.32 Å². The Kier molecular flexibility index (Phi) is 3.79. The lowest BCUT2D eigenvalue weighted by Gasteiger charge is -2.22. The van der Waals surface area contributed by atoms with Crippen molar-refractivity contribution in [2.24, 2.45) is 11.1 Å². The van der Waals surface area contributed by atoms with E-state index in [-0.39, 0.29) is 17.5 Å². The van der Waals surface area contributed by atoms with Crippen LogP contribution in [0.1, 0.15) is 30.4 Å². The lowest BCUT2D eigenvalue weighted by molar-refractivity contribution is -0.355. The Balaban J connectivity index is 1.60. The number of halogens is 3. The second-order valence-electron chi connectivity index (χ2n) is 5.78. The van der Waals surface area contributed by atoms with E-state index in [1.165, 1.54) is 0 Å². The van der Waals surface area contributed by atoms with Gasteiger partial charge in [-0.05, 0) is 24.0 Å². The molecule has 0 bridgehead atoms. The first-order valence-corrected chi connectivity index (χ1v) is 7.20. The second kappa shape index (κ2) is 5.52. The maximum atomic E-state index is 12.7. The van der Waals surface area contributed by atoms with Crippen molar-refractivity contribution < 1.29 is 27.9 Å². The lowest BCUT2D eigenvalue weighted by atomic mass is 10.0. The van der Waals surface area contributed by atoms with E-state index < -0.39 is 18.4 Å². The minimum Gasteiger partial charge on any atom is -0.352 e. The molecule has 0 spiro atoms. The highest BCUT2D eigenvalue weighted by Gasteiger charge is 2.60. The number of hydrogen-bond acceptors (Lipinski definition) is 4. The van der Waals surface area contributed by atoms with Crippen LogP contribution in [0.5, 0.6) is 0 Å². The van der Waals surface area contributed by atoms with Crippen LogP contribution in [0.2, 0.25) is 0 Å². The molecule has 124 valence electrons. The number of carbonyl (C=O) groups is 1. The van der Waals surface area contributed by atoms with Crippen molar-refractivity contribution in [3.8, 4) is 0 Å². The summed E-state index contributed by atoms with van der Waals surface area (Å²) >= 11 is 0. The van der Waals surface area contributed by atoms with Gasteiger partial charge >= 0.3 is 12.0 Å². The second-order valence-corrected chi connectivity index (χ2v) is 5.78.